The molecular weight excluding hydrogens is 284 g/mol. The molecule has 8 heteroatoms. The van der Waals surface area contributed by atoms with Gasteiger partial charge >= 0.3 is 0 Å². The molecular formula is C12H10N2O5S. The topological polar surface area (TPSA) is 102 Å². The highest BCUT2D eigenvalue weighted by molar-refractivity contribution is 7.12. The molecule has 1 aromatic heterocycles. The van der Waals surface area contributed by atoms with Gasteiger partial charge in [0.25, 0.3) is 11.6 Å². The molecule has 0 saturated heterocycles. The van der Waals surface area contributed by atoms with Crippen molar-refractivity contribution in [1.29, 1.82) is 0 Å². The number of nitro benzene ring substituents is 1. The van der Waals surface area contributed by atoms with Crippen molar-refractivity contribution in [3.05, 3.63) is 44.6 Å². The third-order valence-corrected chi connectivity index (χ3v) is 3.38. The monoisotopic (exact) mass is 294 g/mol. The molecule has 0 fully saturated rings. The Morgan fingerprint density at radius 2 is 2.20 bits per heavy atom. The highest BCUT2D eigenvalue weighted by Gasteiger charge is 2.14. The Kier molecular flexibility index (Phi) is 3.85. The number of carbonyl (C=O) groups is 1. The number of thiophene rings is 1. The zero-order valence-electron chi connectivity index (χ0n) is 10.3. The number of phenolic OH excluding ortho intramolecular Hbond substituents is 1. The second kappa shape index (κ2) is 5.57. The molecule has 2 aromatic rings. The second-order valence-corrected chi connectivity index (χ2v) is 4.67. The van der Waals surface area contributed by atoms with Crippen LogP contribution in [0.2, 0.25) is 0 Å². The van der Waals surface area contributed by atoms with Crippen LogP contribution in [0.4, 0.5) is 11.4 Å². The van der Waals surface area contributed by atoms with Crippen molar-refractivity contribution in [2.45, 2.75) is 0 Å². The van der Waals surface area contributed by atoms with Crippen LogP contribution in [-0.4, -0.2) is 23.0 Å². The first kappa shape index (κ1) is 13.8. The summed E-state index contributed by atoms with van der Waals surface area (Å²) in [6, 6.07) is 5.01. The summed E-state index contributed by atoms with van der Waals surface area (Å²) in [4.78, 5) is 22.2. The molecule has 0 spiro atoms. The highest BCUT2D eigenvalue weighted by atomic mass is 32.1. The van der Waals surface area contributed by atoms with Crippen LogP contribution in [0.5, 0.6) is 11.5 Å². The predicted octanol–water partition coefficient (Wildman–Crippen LogP) is 2.62. The summed E-state index contributed by atoms with van der Waals surface area (Å²) < 4.78 is 4.97. The molecule has 0 saturated carbocycles. The van der Waals surface area contributed by atoms with Crippen molar-refractivity contribution in [2.24, 2.45) is 0 Å². The summed E-state index contributed by atoms with van der Waals surface area (Å²) in [6.45, 7) is 0. The minimum atomic E-state index is -0.630. The first-order valence-corrected chi connectivity index (χ1v) is 6.30. The molecule has 0 aliphatic heterocycles. The van der Waals surface area contributed by atoms with Crippen LogP contribution < -0.4 is 10.1 Å². The number of anilines is 1. The van der Waals surface area contributed by atoms with E-state index in [1.54, 1.807) is 11.4 Å². The fraction of sp³-hybridized carbons (Fsp3) is 0.0833. The van der Waals surface area contributed by atoms with E-state index in [0.717, 1.165) is 6.07 Å². The SMILES string of the molecule is COc1csc(C(=O)Nc2ccc([N+](=O)[O-])cc2O)c1. The fourth-order valence-electron chi connectivity index (χ4n) is 1.47. The number of nitrogens with zero attached hydrogens (tertiary/aromatic N) is 1. The molecule has 1 amide bonds. The maximum absolute atomic E-state index is 11.9. The largest absolute Gasteiger partial charge is 0.506 e. The molecule has 7 nitrogen and oxygen atoms in total. The summed E-state index contributed by atoms with van der Waals surface area (Å²) in [6.07, 6.45) is 0. The number of nitrogens with one attached hydrogen (secondary N) is 1. The van der Waals surface area contributed by atoms with Crippen molar-refractivity contribution in [2.75, 3.05) is 12.4 Å². The zero-order chi connectivity index (χ0) is 14.7. The number of carbonyl (C=O) groups excluding carboxylic acids is 1. The summed E-state index contributed by atoms with van der Waals surface area (Å²) >= 11 is 1.19. The Balaban J connectivity index is 2.17. The molecule has 0 aliphatic rings. The van der Waals surface area contributed by atoms with Gasteiger partial charge in [0.15, 0.2) is 0 Å². The van der Waals surface area contributed by atoms with Crippen LogP contribution in [-0.2, 0) is 0 Å². The van der Waals surface area contributed by atoms with Crippen LogP contribution in [0.3, 0.4) is 0 Å². The first-order chi connectivity index (χ1) is 9.51. The first-order valence-electron chi connectivity index (χ1n) is 5.42. The minimum Gasteiger partial charge on any atom is -0.506 e. The van der Waals surface area contributed by atoms with Gasteiger partial charge in [-0.1, -0.05) is 0 Å². The van der Waals surface area contributed by atoms with E-state index in [2.05, 4.69) is 5.32 Å². The van der Waals surface area contributed by atoms with E-state index >= 15 is 0 Å². The van der Waals surface area contributed by atoms with Gasteiger partial charge in [-0.25, -0.2) is 0 Å². The van der Waals surface area contributed by atoms with Gasteiger partial charge in [0.05, 0.1) is 28.7 Å². The van der Waals surface area contributed by atoms with Gasteiger partial charge < -0.3 is 15.2 Å². The molecule has 20 heavy (non-hydrogen) atoms. The van der Waals surface area contributed by atoms with Crippen LogP contribution in [0.1, 0.15) is 9.67 Å². The number of hydrogen-bond acceptors (Lipinski definition) is 6. The van der Waals surface area contributed by atoms with Crippen molar-refractivity contribution in [1.82, 2.24) is 0 Å². The van der Waals surface area contributed by atoms with Gasteiger partial charge in [-0.3, -0.25) is 14.9 Å². The van der Waals surface area contributed by atoms with E-state index in [4.69, 9.17) is 4.74 Å². The van der Waals surface area contributed by atoms with E-state index in [1.807, 2.05) is 0 Å². The lowest BCUT2D eigenvalue weighted by Gasteiger charge is -2.05. The van der Waals surface area contributed by atoms with Gasteiger partial charge in [0.1, 0.15) is 11.5 Å². The quantitative estimate of drug-likeness (QED) is 0.512. The van der Waals surface area contributed by atoms with E-state index in [1.165, 1.54) is 30.6 Å². The standard InChI is InChI=1S/C12H10N2O5S/c1-19-8-5-11(20-6-8)12(16)13-9-3-2-7(14(17)18)4-10(9)15/h2-6,15H,1H3,(H,13,16). The Bertz CT molecular complexity index is 668. The lowest BCUT2D eigenvalue weighted by Crippen LogP contribution is -2.10. The van der Waals surface area contributed by atoms with Crippen molar-refractivity contribution in [3.8, 4) is 11.5 Å². The van der Waals surface area contributed by atoms with Crippen LogP contribution in [0.15, 0.2) is 29.6 Å². The number of methoxy groups -OCH3 is 1. The van der Waals surface area contributed by atoms with Crippen molar-refractivity contribution in [3.63, 3.8) is 0 Å². The lowest BCUT2D eigenvalue weighted by atomic mass is 10.2. The number of hydrogen-bond donors (Lipinski definition) is 2. The summed E-state index contributed by atoms with van der Waals surface area (Å²) in [5.74, 6) is -0.230. The number of ether oxygens (including phenoxy) is 1. The number of phenols is 1. The number of amides is 1. The predicted molar refractivity (Wildman–Crippen MR) is 73.6 cm³/mol. The summed E-state index contributed by atoms with van der Waals surface area (Å²) in [5, 5.41) is 24.3. The Morgan fingerprint density at radius 3 is 2.75 bits per heavy atom. The maximum Gasteiger partial charge on any atom is 0.273 e. The van der Waals surface area contributed by atoms with Crippen molar-refractivity contribution >= 4 is 28.6 Å². The number of aromatic hydroxyl groups is 1. The zero-order valence-corrected chi connectivity index (χ0v) is 11.1. The number of benzene rings is 1. The van der Waals surface area contributed by atoms with E-state index in [-0.39, 0.29) is 17.1 Å². The Hall–Kier alpha value is -2.61. The Labute approximate surface area is 117 Å². The average Bonchev–Trinajstić information content (AvgIpc) is 2.89. The van der Waals surface area contributed by atoms with E-state index in [9.17, 15) is 20.0 Å². The van der Waals surface area contributed by atoms with Gasteiger partial charge in [0.2, 0.25) is 0 Å². The third kappa shape index (κ3) is 2.86. The molecule has 1 heterocycles. The smallest absolute Gasteiger partial charge is 0.273 e. The number of non-ortho nitro benzene ring substituents is 1. The molecule has 0 unspecified atom stereocenters. The fourth-order valence-corrected chi connectivity index (χ4v) is 2.22. The summed E-state index contributed by atoms with van der Waals surface area (Å²) in [7, 11) is 1.49. The molecule has 0 atom stereocenters. The normalized spacial score (nSPS) is 10.1. The maximum atomic E-state index is 11.9. The third-order valence-electron chi connectivity index (χ3n) is 2.48. The lowest BCUT2D eigenvalue weighted by molar-refractivity contribution is -0.384. The van der Waals surface area contributed by atoms with Gasteiger partial charge in [-0.05, 0) is 6.07 Å². The number of rotatable bonds is 4. The van der Waals surface area contributed by atoms with Crippen molar-refractivity contribution < 1.29 is 19.6 Å². The summed E-state index contributed by atoms with van der Waals surface area (Å²) in [5.41, 5.74) is -0.147. The highest BCUT2D eigenvalue weighted by Crippen LogP contribution is 2.29. The molecule has 1 aromatic carbocycles. The Morgan fingerprint density at radius 1 is 1.45 bits per heavy atom. The molecule has 2 rings (SSSR count). The van der Waals surface area contributed by atoms with Crippen LogP contribution >= 0.6 is 11.3 Å². The average molecular weight is 294 g/mol. The van der Waals surface area contributed by atoms with E-state index < -0.39 is 10.8 Å². The molecule has 104 valence electrons. The van der Waals surface area contributed by atoms with Gasteiger partial charge in [-0.2, -0.15) is 0 Å². The number of nitro groups is 1. The molecule has 2 N–H and O–H groups in total. The van der Waals surface area contributed by atoms with Crippen LogP contribution in [0.25, 0.3) is 0 Å². The van der Waals surface area contributed by atoms with Gasteiger partial charge in [-0.15, -0.1) is 11.3 Å². The molecule has 0 aliphatic carbocycles. The molecule has 0 radical (unpaired) electrons. The second-order valence-electron chi connectivity index (χ2n) is 3.76. The van der Waals surface area contributed by atoms with E-state index in [0.29, 0.717) is 10.6 Å². The van der Waals surface area contributed by atoms with Crippen LogP contribution in [0, 0.1) is 10.1 Å². The minimum absolute atomic E-state index is 0.105. The van der Waals surface area contributed by atoms with Gasteiger partial charge in [0, 0.05) is 17.5 Å². The molecule has 0 bridgehead atoms.